The summed E-state index contributed by atoms with van der Waals surface area (Å²) in [5.74, 6) is -0.158. The minimum atomic E-state index is -0.488. The van der Waals surface area contributed by atoms with Crippen molar-refractivity contribution < 1.29 is 9.18 Å². The molecule has 0 radical (unpaired) electrons. The number of rotatable bonds is 7. The number of amides is 1. The lowest BCUT2D eigenvalue weighted by atomic mass is 10.2. The highest BCUT2D eigenvalue weighted by atomic mass is 35.5. The number of fused-ring (bicyclic) bond motifs is 1. The average Bonchev–Trinajstić information content (AvgIpc) is 3.36. The number of hydrogen-bond donors (Lipinski definition) is 2. The zero-order valence-electron chi connectivity index (χ0n) is 15.1. The molecule has 4 rings (SSSR count). The molecule has 0 atom stereocenters. The van der Waals surface area contributed by atoms with Gasteiger partial charge < -0.3 is 10.6 Å². The van der Waals surface area contributed by atoms with Gasteiger partial charge in [0.15, 0.2) is 5.65 Å². The lowest BCUT2D eigenvalue weighted by Crippen LogP contribution is -2.27. The molecule has 29 heavy (non-hydrogen) atoms. The Kier molecular flexibility index (Phi) is 5.68. The average molecular weight is 431 g/mol. The summed E-state index contributed by atoms with van der Waals surface area (Å²) in [7, 11) is 0. The molecule has 0 aliphatic rings. The topological polar surface area (TPSA) is 84.7 Å². The summed E-state index contributed by atoms with van der Waals surface area (Å²) in [5.41, 5.74) is 0.892. The molecule has 3 aromatic heterocycles. The van der Waals surface area contributed by atoms with E-state index in [1.54, 1.807) is 22.2 Å². The van der Waals surface area contributed by atoms with Crippen LogP contribution in [-0.4, -0.2) is 32.2 Å². The number of aromatic nitrogens is 4. The predicted octanol–water partition coefficient (Wildman–Crippen LogP) is 3.72. The molecule has 10 heteroatoms. The van der Waals surface area contributed by atoms with Crippen molar-refractivity contribution in [1.82, 2.24) is 25.1 Å². The number of anilines is 1. The van der Waals surface area contributed by atoms with Crippen molar-refractivity contribution in [1.29, 1.82) is 0 Å². The van der Waals surface area contributed by atoms with Crippen LogP contribution in [0.4, 0.5) is 10.2 Å². The number of carbonyl (C=O) groups excluding carboxylic acids is 1. The first-order chi connectivity index (χ1) is 14.1. The summed E-state index contributed by atoms with van der Waals surface area (Å²) in [6, 6.07) is 7.72. The number of nitrogens with one attached hydrogen (secondary N) is 2. The molecule has 0 unspecified atom stereocenters. The van der Waals surface area contributed by atoms with Crippen LogP contribution in [0.2, 0.25) is 5.02 Å². The van der Waals surface area contributed by atoms with E-state index in [2.05, 4.69) is 31.8 Å². The smallest absolute Gasteiger partial charge is 0.252 e. The molecule has 148 valence electrons. The van der Waals surface area contributed by atoms with Crippen molar-refractivity contribution in [3.8, 4) is 0 Å². The molecule has 4 aromatic rings. The van der Waals surface area contributed by atoms with E-state index in [1.165, 1.54) is 23.3 Å². The van der Waals surface area contributed by atoms with Crippen molar-refractivity contribution in [2.45, 2.75) is 13.1 Å². The number of benzene rings is 1. The third kappa shape index (κ3) is 4.36. The zero-order chi connectivity index (χ0) is 20.2. The molecule has 0 aliphatic carbocycles. The third-order valence-electron chi connectivity index (χ3n) is 4.23. The Morgan fingerprint density at radius 3 is 2.97 bits per heavy atom. The van der Waals surface area contributed by atoms with E-state index in [-0.39, 0.29) is 16.5 Å². The van der Waals surface area contributed by atoms with E-state index in [9.17, 15) is 9.18 Å². The van der Waals surface area contributed by atoms with E-state index in [4.69, 9.17) is 11.6 Å². The van der Waals surface area contributed by atoms with Crippen LogP contribution in [0.1, 0.15) is 15.2 Å². The van der Waals surface area contributed by atoms with E-state index in [0.717, 1.165) is 11.5 Å². The van der Waals surface area contributed by atoms with E-state index < -0.39 is 5.82 Å². The van der Waals surface area contributed by atoms with Crippen molar-refractivity contribution in [2.75, 3.05) is 11.9 Å². The minimum Gasteiger partial charge on any atom is -0.364 e. The lowest BCUT2D eigenvalue weighted by molar-refractivity contribution is 0.0952. The maximum absolute atomic E-state index is 13.1. The second-order valence-corrected chi connectivity index (χ2v) is 7.58. The fraction of sp³-hybridized carbons (Fsp3) is 0.158. The standard InChI is InChI=1S/C19H16ClFN6OS/c20-16-8-12(21)3-4-14(16)19(28)22-5-6-27-18-15(10-26-27)17(24-11-25-18)23-9-13-2-1-7-29-13/h1-4,7-8,10-11H,5-6,9H2,(H,22,28)(H,23,24,25). The minimum absolute atomic E-state index is 0.0706. The van der Waals surface area contributed by atoms with Gasteiger partial charge >= 0.3 is 0 Å². The van der Waals surface area contributed by atoms with Gasteiger partial charge in [0, 0.05) is 11.4 Å². The quantitative estimate of drug-likeness (QED) is 0.466. The molecule has 0 aliphatic heterocycles. The van der Waals surface area contributed by atoms with Crippen molar-refractivity contribution in [3.05, 3.63) is 69.5 Å². The fourth-order valence-electron chi connectivity index (χ4n) is 2.83. The van der Waals surface area contributed by atoms with Crippen LogP contribution in [0, 0.1) is 5.82 Å². The highest BCUT2D eigenvalue weighted by Crippen LogP contribution is 2.20. The summed E-state index contributed by atoms with van der Waals surface area (Å²) in [6.07, 6.45) is 3.18. The van der Waals surface area contributed by atoms with Gasteiger partial charge in [-0.3, -0.25) is 4.79 Å². The van der Waals surface area contributed by atoms with Crippen molar-refractivity contribution in [2.24, 2.45) is 0 Å². The first-order valence-electron chi connectivity index (χ1n) is 8.78. The Morgan fingerprint density at radius 2 is 2.17 bits per heavy atom. The molecule has 0 bridgehead atoms. The maximum atomic E-state index is 13.1. The Bertz CT molecular complexity index is 1150. The molecule has 1 amide bonds. The van der Waals surface area contributed by atoms with Gasteiger partial charge in [0.25, 0.3) is 5.91 Å². The van der Waals surface area contributed by atoms with Gasteiger partial charge in [-0.15, -0.1) is 11.3 Å². The van der Waals surface area contributed by atoms with E-state index >= 15 is 0 Å². The van der Waals surface area contributed by atoms with Gasteiger partial charge in [-0.2, -0.15) is 5.10 Å². The van der Waals surface area contributed by atoms with E-state index in [1.807, 2.05) is 11.4 Å². The summed E-state index contributed by atoms with van der Waals surface area (Å²) in [6.45, 7) is 1.39. The van der Waals surface area contributed by atoms with Crippen molar-refractivity contribution in [3.63, 3.8) is 0 Å². The highest BCUT2D eigenvalue weighted by Gasteiger charge is 2.12. The van der Waals surface area contributed by atoms with Gasteiger partial charge in [-0.25, -0.2) is 19.0 Å². The van der Waals surface area contributed by atoms with Crippen LogP contribution in [0.3, 0.4) is 0 Å². The SMILES string of the molecule is O=C(NCCn1ncc2c(NCc3cccs3)ncnc21)c1ccc(F)cc1Cl. The summed E-state index contributed by atoms with van der Waals surface area (Å²) < 4.78 is 14.8. The highest BCUT2D eigenvalue weighted by molar-refractivity contribution is 7.09. The molecule has 0 saturated carbocycles. The second kappa shape index (κ2) is 8.54. The summed E-state index contributed by atoms with van der Waals surface area (Å²) >= 11 is 7.59. The third-order valence-corrected chi connectivity index (χ3v) is 5.42. The van der Waals surface area contributed by atoms with Crippen LogP contribution < -0.4 is 10.6 Å². The van der Waals surface area contributed by atoms with Gasteiger partial charge in [0.1, 0.15) is 18.0 Å². The predicted molar refractivity (Wildman–Crippen MR) is 111 cm³/mol. The van der Waals surface area contributed by atoms with E-state index in [0.29, 0.717) is 31.1 Å². The van der Waals surface area contributed by atoms with Crippen LogP contribution >= 0.6 is 22.9 Å². The number of carbonyl (C=O) groups is 1. The second-order valence-electron chi connectivity index (χ2n) is 6.14. The number of hydrogen-bond acceptors (Lipinski definition) is 6. The number of halogens is 2. The van der Waals surface area contributed by atoms with Gasteiger partial charge in [-0.05, 0) is 29.6 Å². The fourth-order valence-corrected chi connectivity index (χ4v) is 3.72. The van der Waals surface area contributed by atoms with Crippen LogP contribution in [-0.2, 0) is 13.1 Å². The van der Waals surface area contributed by atoms with Crippen LogP contribution in [0.5, 0.6) is 0 Å². The maximum Gasteiger partial charge on any atom is 0.252 e. The van der Waals surface area contributed by atoms with Gasteiger partial charge in [-0.1, -0.05) is 17.7 Å². The first kappa shape index (κ1) is 19.3. The van der Waals surface area contributed by atoms with Gasteiger partial charge in [0.2, 0.25) is 0 Å². The van der Waals surface area contributed by atoms with Crippen LogP contribution in [0.15, 0.2) is 48.2 Å². The number of nitrogens with zero attached hydrogens (tertiary/aromatic N) is 4. The zero-order valence-corrected chi connectivity index (χ0v) is 16.7. The normalized spacial score (nSPS) is 11.0. The molecule has 0 saturated heterocycles. The molecule has 2 N–H and O–H groups in total. The largest absolute Gasteiger partial charge is 0.364 e. The molecular weight excluding hydrogens is 415 g/mol. The molecular formula is C19H16ClFN6OS. The molecule has 1 aromatic carbocycles. The lowest BCUT2D eigenvalue weighted by Gasteiger charge is -2.08. The Morgan fingerprint density at radius 1 is 1.28 bits per heavy atom. The monoisotopic (exact) mass is 430 g/mol. The summed E-state index contributed by atoms with van der Waals surface area (Å²) in [4.78, 5) is 22.0. The summed E-state index contributed by atoms with van der Waals surface area (Å²) in [5, 5.41) is 13.3. The Labute approximate surface area is 174 Å². The number of thiophene rings is 1. The Hall–Kier alpha value is -3.04. The first-order valence-corrected chi connectivity index (χ1v) is 10.0. The van der Waals surface area contributed by atoms with Crippen LogP contribution in [0.25, 0.3) is 11.0 Å². The van der Waals surface area contributed by atoms with Crippen molar-refractivity contribution >= 4 is 45.7 Å². The van der Waals surface area contributed by atoms with Gasteiger partial charge in [0.05, 0.1) is 35.3 Å². The molecule has 0 spiro atoms. The molecule has 7 nitrogen and oxygen atoms in total. The molecule has 0 fully saturated rings. The Balaban J connectivity index is 1.41. The molecule has 3 heterocycles.